The summed E-state index contributed by atoms with van der Waals surface area (Å²) in [7, 11) is -6.22. The Kier molecular flexibility index (Phi) is 15.5. The average molecular weight is 900 g/mol. The molecule has 0 bridgehead atoms. The molecular weight excluding hydrogens is 805 g/mol. The number of rotatable bonds is 12. The lowest BCUT2D eigenvalue weighted by molar-refractivity contribution is -0.272. The maximum Gasteiger partial charge on any atom is 0.192 e. The monoisotopic (exact) mass is 899 g/mol. The molecule has 5 saturated heterocycles. The molecule has 5 fully saturated rings. The van der Waals surface area contributed by atoms with Gasteiger partial charge in [-0.3, -0.25) is 0 Å². The molecule has 60 heavy (non-hydrogen) atoms. The fourth-order valence-electron chi connectivity index (χ4n) is 9.91. The normalized spacial score (nSPS) is 40.0. The Labute approximate surface area is 371 Å². The minimum atomic E-state index is -2.22. The Morgan fingerprint density at radius 1 is 0.650 bits per heavy atom. The average Bonchev–Trinajstić information content (AvgIpc) is 3.35. The summed E-state index contributed by atoms with van der Waals surface area (Å²) in [6.07, 6.45) is 8.37. The first-order chi connectivity index (χ1) is 27.3. The van der Waals surface area contributed by atoms with Gasteiger partial charge < -0.3 is 42.1 Å². The van der Waals surface area contributed by atoms with Crippen molar-refractivity contribution in [2.24, 2.45) is 5.92 Å². The van der Waals surface area contributed by atoms with E-state index in [-0.39, 0.29) is 76.7 Å². The molecular formula is C48H94O9Si3. The van der Waals surface area contributed by atoms with Crippen molar-refractivity contribution < 1.29 is 42.1 Å². The lowest BCUT2D eigenvalue weighted by Gasteiger charge is -2.50. The van der Waals surface area contributed by atoms with Crippen molar-refractivity contribution in [1.82, 2.24) is 0 Å². The third-order valence-electron chi connectivity index (χ3n) is 17.2. The van der Waals surface area contributed by atoms with Crippen LogP contribution in [0.4, 0.5) is 0 Å². The van der Waals surface area contributed by atoms with Gasteiger partial charge in [-0.25, -0.2) is 0 Å². The third kappa shape index (κ3) is 11.1. The highest BCUT2D eigenvalue weighted by Gasteiger charge is 2.60. The first-order valence-electron chi connectivity index (χ1n) is 24.2. The predicted octanol–water partition coefficient (Wildman–Crippen LogP) is 11.7. The van der Waals surface area contributed by atoms with Crippen molar-refractivity contribution in [3.8, 4) is 0 Å². The van der Waals surface area contributed by atoms with Gasteiger partial charge in [-0.15, -0.1) is 0 Å². The fourth-order valence-corrected chi connectivity index (χ4v) is 14.0. The van der Waals surface area contributed by atoms with E-state index in [1.165, 1.54) is 0 Å². The molecule has 0 spiro atoms. The predicted molar refractivity (Wildman–Crippen MR) is 251 cm³/mol. The van der Waals surface area contributed by atoms with Crippen molar-refractivity contribution in [3.05, 3.63) is 0 Å². The lowest BCUT2D eigenvalue weighted by atomic mass is 9.79. The lowest BCUT2D eigenvalue weighted by Crippen LogP contribution is -2.60. The smallest absolute Gasteiger partial charge is 0.192 e. The highest BCUT2D eigenvalue weighted by Crippen LogP contribution is 2.52. The molecule has 0 unspecified atom stereocenters. The number of fused-ring (bicyclic) bond motifs is 4. The van der Waals surface area contributed by atoms with Gasteiger partial charge in [0.2, 0.25) is 0 Å². The van der Waals surface area contributed by atoms with E-state index < -0.39 is 41.8 Å². The van der Waals surface area contributed by atoms with E-state index in [9.17, 15) is 5.11 Å². The number of ether oxygens (including phenoxy) is 5. The zero-order valence-electron chi connectivity index (χ0n) is 42.2. The van der Waals surface area contributed by atoms with Gasteiger partial charge in [0, 0.05) is 26.1 Å². The van der Waals surface area contributed by atoms with Crippen LogP contribution in [0.3, 0.4) is 0 Å². The van der Waals surface area contributed by atoms with E-state index in [4.69, 9.17) is 37.0 Å². The van der Waals surface area contributed by atoms with Crippen LogP contribution < -0.4 is 0 Å². The molecule has 5 aliphatic rings. The van der Waals surface area contributed by atoms with Crippen molar-refractivity contribution in [1.29, 1.82) is 0 Å². The molecule has 0 radical (unpaired) electrons. The molecule has 0 saturated carbocycles. The maximum atomic E-state index is 9.71. The van der Waals surface area contributed by atoms with Gasteiger partial charge >= 0.3 is 0 Å². The second-order valence-electron chi connectivity index (χ2n) is 25.3. The Hall–Kier alpha value is 0.291. The summed E-state index contributed by atoms with van der Waals surface area (Å²) in [5.41, 5.74) is -1.47. The molecule has 9 nitrogen and oxygen atoms in total. The largest absolute Gasteiger partial charge is 0.417 e. The first-order valence-corrected chi connectivity index (χ1v) is 32.9. The van der Waals surface area contributed by atoms with Crippen molar-refractivity contribution in [2.45, 2.75) is 287 Å². The summed E-state index contributed by atoms with van der Waals surface area (Å²) in [6.45, 7) is 45.1. The van der Waals surface area contributed by atoms with E-state index in [0.717, 1.165) is 77.2 Å². The Morgan fingerprint density at radius 2 is 1.22 bits per heavy atom. The highest BCUT2D eigenvalue weighted by atomic mass is 28.4. The standard InChI is InChI=1S/C48H94O9Si3/c1-33-30-40-48(13,54-34(33)22-20-28-49)32-38(56-59(16,17)44(5,6)7)42-37(53-40)31-41-46(11,55-42)26-24-35-36(52-41)25-27-47(12,57-60(18,19)45(8,9)10)39(51-35)23-21-29-50-58(14,15)43(2,3)4/h33-42,49H,20-32H2,1-19H3/t33-,34-,35-,36+,37+,38-,39+,40-,41-,42+,46+,47-,48+/m0/s1. The Morgan fingerprint density at radius 3 is 1.82 bits per heavy atom. The van der Waals surface area contributed by atoms with Gasteiger partial charge in [0.25, 0.3) is 0 Å². The quantitative estimate of drug-likeness (QED) is 0.152. The summed E-state index contributed by atoms with van der Waals surface area (Å²) in [5.74, 6) is 0.327. The van der Waals surface area contributed by atoms with Crippen LogP contribution in [-0.2, 0) is 37.0 Å². The second-order valence-corrected chi connectivity index (χ2v) is 39.6. The molecule has 0 aliphatic carbocycles. The van der Waals surface area contributed by atoms with Crippen LogP contribution >= 0.6 is 0 Å². The maximum absolute atomic E-state index is 9.71. The van der Waals surface area contributed by atoms with Crippen molar-refractivity contribution in [3.63, 3.8) is 0 Å². The number of aliphatic hydroxyl groups excluding tert-OH is 1. The van der Waals surface area contributed by atoms with Crippen LogP contribution in [0.15, 0.2) is 0 Å². The van der Waals surface area contributed by atoms with E-state index in [0.29, 0.717) is 5.92 Å². The molecule has 5 aliphatic heterocycles. The zero-order chi connectivity index (χ0) is 45.1. The summed E-state index contributed by atoms with van der Waals surface area (Å²) in [5, 5.41) is 10.0. The Balaban J connectivity index is 1.42. The van der Waals surface area contributed by atoms with Gasteiger partial charge in [0.15, 0.2) is 25.0 Å². The fraction of sp³-hybridized carbons (Fsp3) is 1.00. The van der Waals surface area contributed by atoms with Gasteiger partial charge in [0.1, 0.15) is 6.10 Å². The molecule has 12 heteroatoms. The summed E-state index contributed by atoms with van der Waals surface area (Å²) in [6, 6.07) is 0. The number of hydrogen-bond donors (Lipinski definition) is 1. The van der Waals surface area contributed by atoms with E-state index in [2.05, 4.69) is 129 Å². The summed E-state index contributed by atoms with van der Waals surface area (Å²) < 4.78 is 58.3. The van der Waals surface area contributed by atoms with E-state index in [1.807, 2.05) is 0 Å². The molecule has 5 rings (SSSR count). The Bertz CT molecular complexity index is 1420. The van der Waals surface area contributed by atoms with Gasteiger partial charge in [-0.2, -0.15) is 0 Å². The van der Waals surface area contributed by atoms with Crippen molar-refractivity contribution >= 4 is 25.0 Å². The minimum Gasteiger partial charge on any atom is -0.417 e. The van der Waals surface area contributed by atoms with Crippen LogP contribution in [0.5, 0.6) is 0 Å². The minimum absolute atomic E-state index is 0.0375. The van der Waals surface area contributed by atoms with Gasteiger partial charge in [-0.05, 0) is 139 Å². The molecule has 0 amide bonds. The molecule has 5 heterocycles. The molecule has 0 aromatic heterocycles. The van der Waals surface area contributed by atoms with E-state index in [1.54, 1.807) is 0 Å². The number of aliphatic hydroxyl groups is 1. The summed E-state index contributed by atoms with van der Waals surface area (Å²) in [4.78, 5) is 0. The summed E-state index contributed by atoms with van der Waals surface area (Å²) >= 11 is 0. The SMILES string of the molecule is C[C@H]1C[C@@H]2O[C@@H]3C[C@@H]4O[C@@H]5CC[C@](C)(O[Si](C)(C)C(C)(C)C)[C@@H](CCCO[Si](C)(C)C(C)(C)C)O[C@H]5CC[C@@]4(C)O[C@H]3[C@@H](O[Si](C)(C)C(C)(C)C)C[C@@]2(C)O[C@H]1CCCO. The van der Waals surface area contributed by atoms with Crippen LogP contribution in [-0.4, -0.2) is 115 Å². The van der Waals surface area contributed by atoms with Crippen LogP contribution in [0, 0.1) is 5.92 Å². The van der Waals surface area contributed by atoms with Crippen LogP contribution in [0.1, 0.15) is 161 Å². The number of hydrogen-bond acceptors (Lipinski definition) is 9. The molecule has 0 aromatic rings. The molecule has 352 valence electrons. The van der Waals surface area contributed by atoms with E-state index >= 15 is 0 Å². The first kappa shape index (κ1) is 51.3. The van der Waals surface area contributed by atoms with Crippen LogP contribution in [0.2, 0.25) is 54.4 Å². The highest BCUT2D eigenvalue weighted by molar-refractivity contribution is 6.75. The third-order valence-corrected chi connectivity index (χ3v) is 30.9. The molecule has 13 atom stereocenters. The van der Waals surface area contributed by atoms with Gasteiger partial charge in [0.05, 0.1) is 65.6 Å². The van der Waals surface area contributed by atoms with Crippen LogP contribution in [0.25, 0.3) is 0 Å². The zero-order valence-corrected chi connectivity index (χ0v) is 45.2. The topological polar surface area (TPSA) is 94.1 Å². The van der Waals surface area contributed by atoms with Crippen molar-refractivity contribution in [2.75, 3.05) is 13.2 Å². The van der Waals surface area contributed by atoms with Gasteiger partial charge in [-0.1, -0.05) is 69.2 Å². The molecule has 1 N–H and O–H groups in total. The second kappa shape index (κ2) is 18.2. The molecule has 0 aromatic carbocycles.